The van der Waals surface area contributed by atoms with Crippen molar-refractivity contribution in [2.45, 2.75) is 13.8 Å². The molecule has 50 valence electrons. The number of hydrogen-bond donors (Lipinski definition) is 0. The standard InChI is InChI=1S/C7H11NO/c1-5-8-7(4)9-6(2)3/h5H,1-2H2,3-4H3. The fraction of sp³-hybridized carbons (Fsp3) is 0.286. The third-order valence-electron chi connectivity index (χ3n) is 0.595. The molecule has 2 nitrogen and oxygen atoms in total. The van der Waals surface area contributed by atoms with Gasteiger partial charge in [-0.15, -0.1) is 0 Å². The van der Waals surface area contributed by atoms with Gasteiger partial charge in [0, 0.05) is 13.1 Å². The first-order valence-electron chi connectivity index (χ1n) is 2.65. The normalized spacial score (nSPS) is 10.7. The van der Waals surface area contributed by atoms with Crippen molar-refractivity contribution in [1.29, 1.82) is 0 Å². The molecule has 0 aliphatic rings. The Morgan fingerprint density at radius 1 is 1.56 bits per heavy atom. The van der Waals surface area contributed by atoms with Crippen LogP contribution in [0.2, 0.25) is 0 Å². The highest BCUT2D eigenvalue weighted by molar-refractivity contribution is 5.74. The maximum atomic E-state index is 4.97. The molecule has 0 bridgehead atoms. The number of nitrogens with zero attached hydrogens (tertiary/aromatic N) is 1. The topological polar surface area (TPSA) is 21.6 Å². The summed E-state index contributed by atoms with van der Waals surface area (Å²) in [6.07, 6.45) is 1.43. The zero-order chi connectivity index (χ0) is 7.28. The fourth-order valence-corrected chi connectivity index (χ4v) is 0.407. The molecule has 0 N–H and O–H groups in total. The van der Waals surface area contributed by atoms with E-state index in [-0.39, 0.29) is 0 Å². The van der Waals surface area contributed by atoms with Gasteiger partial charge in [-0.05, 0) is 6.92 Å². The molecule has 0 unspecified atom stereocenters. The lowest BCUT2D eigenvalue weighted by molar-refractivity contribution is 0.417. The molecule has 0 spiro atoms. The highest BCUT2D eigenvalue weighted by atomic mass is 16.5. The summed E-state index contributed by atoms with van der Waals surface area (Å²) in [7, 11) is 0. The smallest absolute Gasteiger partial charge is 0.190 e. The van der Waals surface area contributed by atoms with Gasteiger partial charge in [-0.1, -0.05) is 13.2 Å². The number of ether oxygens (including phenoxy) is 1. The summed E-state index contributed by atoms with van der Waals surface area (Å²) >= 11 is 0. The zero-order valence-corrected chi connectivity index (χ0v) is 5.85. The van der Waals surface area contributed by atoms with Crippen LogP contribution in [0.1, 0.15) is 13.8 Å². The molecule has 0 aromatic heterocycles. The summed E-state index contributed by atoms with van der Waals surface area (Å²) in [6.45, 7) is 10.5. The van der Waals surface area contributed by atoms with E-state index in [4.69, 9.17) is 4.74 Å². The minimum atomic E-state index is 0.567. The molecule has 0 fully saturated rings. The first kappa shape index (κ1) is 7.95. The van der Waals surface area contributed by atoms with Crippen LogP contribution in [0.25, 0.3) is 0 Å². The average Bonchev–Trinajstić information content (AvgIpc) is 1.63. The second-order valence-corrected chi connectivity index (χ2v) is 1.63. The van der Waals surface area contributed by atoms with Crippen molar-refractivity contribution < 1.29 is 4.74 Å². The van der Waals surface area contributed by atoms with Gasteiger partial charge in [0.2, 0.25) is 0 Å². The Hall–Kier alpha value is -1.05. The van der Waals surface area contributed by atoms with Gasteiger partial charge in [0.1, 0.15) is 0 Å². The molecule has 0 aromatic rings. The van der Waals surface area contributed by atoms with E-state index >= 15 is 0 Å². The van der Waals surface area contributed by atoms with Gasteiger partial charge in [-0.2, -0.15) is 0 Å². The zero-order valence-electron chi connectivity index (χ0n) is 5.85. The van der Waals surface area contributed by atoms with Crippen LogP contribution in [0.15, 0.2) is 30.1 Å². The molecule has 0 heterocycles. The molecule has 0 aliphatic carbocycles. The lowest BCUT2D eigenvalue weighted by atomic mass is 10.6. The molecule has 0 saturated heterocycles. The summed E-state index contributed by atoms with van der Waals surface area (Å²) in [5, 5.41) is 0. The van der Waals surface area contributed by atoms with Crippen molar-refractivity contribution in [2.24, 2.45) is 4.99 Å². The molecular formula is C7H11NO. The molecule has 0 rings (SSSR count). The molecule has 0 aromatic carbocycles. The van der Waals surface area contributed by atoms with E-state index in [1.807, 2.05) is 0 Å². The lowest BCUT2D eigenvalue weighted by Gasteiger charge is -1.99. The second-order valence-electron chi connectivity index (χ2n) is 1.63. The summed E-state index contributed by atoms with van der Waals surface area (Å²) in [6, 6.07) is 0. The Bertz CT molecular complexity index is 147. The van der Waals surface area contributed by atoms with Crippen LogP contribution in [0.3, 0.4) is 0 Å². The van der Waals surface area contributed by atoms with E-state index < -0.39 is 0 Å². The van der Waals surface area contributed by atoms with Gasteiger partial charge in [-0.3, -0.25) is 0 Å². The van der Waals surface area contributed by atoms with Crippen LogP contribution in [0.4, 0.5) is 0 Å². The number of rotatable bonds is 2. The van der Waals surface area contributed by atoms with Crippen LogP contribution in [-0.2, 0) is 4.74 Å². The van der Waals surface area contributed by atoms with Gasteiger partial charge in [0.05, 0.1) is 5.76 Å². The van der Waals surface area contributed by atoms with Crippen molar-refractivity contribution in [3.05, 3.63) is 25.1 Å². The Labute approximate surface area is 55.6 Å². The highest BCUT2D eigenvalue weighted by Gasteiger charge is 1.86. The van der Waals surface area contributed by atoms with Gasteiger partial charge in [-0.25, -0.2) is 4.99 Å². The predicted molar refractivity (Wildman–Crippen MR) is 39.2 cm³/mol. The van der Waals surface area contributed by atoms with Crippen LogP contribution in [0, 0.1) is 0 Å². The second kappa shape index (κ2) is 3.89. The van der Waals surface area contributed by atoms with Crippen molar-refractivity contribution in [1.82, 2.24) is 0 Å². The molecule has 0 atom stereocenters. The van der Waals surface area contributed by atoms with E-state index in [1.165, 1.54) is 6.20 Å². The van der Waals surface area contributed by atoms with Crippen molar-refractivity contribution in [3.63, 3.8) is 0 Å². The van der Waals surface area contributed by atoms with E-state index in [0.29, 0.717) is 11.7 Å². The Kier molecular flexibility index (Phi) is 3.44. The van der Waals surface area contributed by atoms with E-state index in [9.17, 15) is 0 Å². The van der Waals surface area contributed by atoms with Crippen molar-refractivity contribution in [3.8, 4) is 0 Å². The number of aliphatic imine (C=N–C) groups is 1. The lowest BCUT2D eigenvalue weighted by Crippen LogP contribution is -1.94. The number of hydrogen-bond acceptors (Lipinski definition) is 2. The van der Waals surface area contributed by atoms with E-state index in [1.54, 1.807) is 13.8 Å². The van der Waals surface area contributed by atoms with Gasteiger partial charge in [0.25, 0.3) is 0 Å². The third kappa shape index (κ3) is 4.81. The van der Waals surface area contributed by atoms with Gasteiger partial charge in [0.15, 0.2) is 5.90 Å². The van der Waals surface area contributed by atoms with Gasteiger partial charge >= 0.3 is 0 Å². The van der Waals surface area contributed by atoms with Crippen molar-refractivity contribution in [2.75, 3.05) is 0 Å². The summed E-state index contributed by atoms with van der Waals surface area (Å²) in [4.78, 5) is 3.76. The maximum absolute atomic E-state index is 4.97. The molecular weight excluding hydrogens is 114 g/mol. The minimum absolute atomic E-state index is 0.567. The Morgan fingerprint density at radius 3 is 2.44 bits per heavy atom. The van der Waals surface area contributed by atoms with Crippen LogP contribution >= 0.6 is 0 Å². The van der Waals surface area contributed by atoms with Gasteiger partial charge < -0.3 is 4.74 Å². The Morgan fingerprint density at radius 2 is 2.11 bits per heavy atom. The summed E-state index contributed by atoms with van der Waals surface area (Å²) in [5.41, 5.74) is 0. The Balaban J connectivity index is 3.75. The van der Waals surface area contributed by atoms with E-state index in [0.717, 1.165) is 0 Å². The maximum Gasteiger partial charge on any atom is 0.190 e. The molecule has 0 radical (unpaired) electrons. The third-order valence-corrected chi connectivity index (χ3v) is 0.595. The molecule has 2 heteroatoms. The SMILES string of the molecule is C=CN=C(C)OC(=C)C. The quantitative estimate of drug-likeness (QED) is 0.314. The first-order valence-corrected chi connectivity index (χ1v) is 2.65. The summed E-state index contributed by atoms with van der Waals surface area (Å²) in [5.74, 6) is 1.20. The number of allylic oxidation sites excluding steroid dienone is 1. The van der Waals surface area contributed by atoms with Crippen molar-refractivity contribution >= 4 is 5.90 Å². The molecule has 0 aliphatic heterocycles. The largest absolute Gasteiger partial charge is 0.449 e. The molecule has 0 saturated carbocycles. The monoisotopic (exact) mass is 125 g/mol. The van der Waals surface area contributed by atoms with E-state index in [2.05, 4.69) is 18.2 Å². The van der Waals surface area contributed by atoms with Crippen LogP contribution in [-0.4, -0.2) is 5.90 Å². The summed E-state index contributed by atoms with van der Waals surface area (Å²) < 4.78 is 4.97. The molecule has 9 heavy (non-hydrogen) atoms. The van der Waals surface area contributed by atoms with Crippen LogP contribution < -0.4 is 0 Å². The predicted octanol–water partition coefficient (Wildman–Crippen LogP) is 2.10. The highest BCUT2D eigenvalue weighted by Crippen LogP contribution is 1.91. The average molecular weight is 125 g/mol. The fourth-order valence-electron chi connectivity index (χ4n) is 0.407. The first-order chi connectivity index (χ1) is 4.16. The minimum Gasteiger partial charge on any atom is -0.449 e. The van der Waals surface area contributed by atoms with Crippen LogP contribution in [0.5, 0.6) is 0 Å². The molecule has 0 amide bonds.